The summed E-state index contributed by atoms with van der Waals surface area (Å²) < 4.78 is 8.95. The normalized spacial score (nSPS) is 20.0. The first-order valence-electron chi connectivity index (χ1n) is 9.14. The van der Waals surface area contributed by atoms with Gasteiger partial charge in [0.15, 0.2) is 11.5 Å². The number of aliphatic imine (C=N–C) groups is 1. The molecule has 1 fully saturated rings. The van der Waals surface area contributed by atoms with E-state index in [1.165, 1.54) is 0 Å². The molecule has 1 aliphatic carbocycles. The number of aryl methyl sites for hydroxylation is 3. The number of fused-ring (bicyclic) bond motifs is 1. The fraction of sp³-hybridized carbons (Fsp3) is 0.421. The molecule has 9 nitrogen and oxygen atoms in total. The molecule has 1 aliphatic rings. The molecule has 9 heteroatoms. The number of aromatic nitrogens is 6. The number of nitrogens with two attached hydrogens (primary N) is 1. The van der Waals surface area contributed by atoms with Crippen molar-refractivity contribution in [3.63, 3.8) is 0 Å². The zero-order valence-corrected chi connectivity index (χ0v) is 16.7. The number of methoxy groups -OCH3 is 1. The van der Waals surface area contributed by atoms with Gasteiger partial charge >= 0.3 is 0 Å². The molecule has 0 saturated heterocycles. The van der Waals surface area contributed by atoms with Gasteiger partial charge in [-0.3, -0.25) is 4.99 Å². The molecule has 0 amide bonds. The average molecular weight is 380 g/mol. The monoisotopic (exact) mass is 380 g/mol. The van der Waals surface area contributed by atoms with Crippen molar-refractivity contribution < 1.29 is 4.74 Å². The van der Waals surface area contributed by atoms with Crippen LogP contribution in [0.15, 0.2) is 29.0 Å². The van der Waals surface area contributed by atoms with E-state index < -0.39 is 0 Å². The smallest absolute Gasteiger partial charge is 0.214 e. The lowest BCUT2D eigenvalue weighted by molar-refractivity contribution is 0.369. The minimum atomic E-state index is 0.247. The first-order chi connectivity index (χ1) is 13.4. The van der Waals surface area contributed by atoms with E-state index in [0.717, 1.165) is 52.0 Å². The standard InChI is InChI=1S/C19H24N8O/c1-10-6-17(25-27-11(2)23-24-18(10)27)16(21-3)8-15(20)13-7-12(13)14-9-22-26(4)19(14)28-5/h6,8-9,12-13H,7,20H2,1-5H3/b15-8-,21-16?. The van der Waals surface area contributed by atoms with Gasteiger partial charge < -0.3 is 10.5 Å². The zero-order valence-electron chi connectivity index (χ0n) is 16.7. The Morgan fingerprint density at radius 3 is 2.86 bits per heavy atom. The van der Waals surface area contributed by atoms with Crippen molar-refractivity contribution in [2.75, 3.05) is 14.2 Å². The highest BCUT2D eigenvalue weighted by molar-refractivity contribution is 6.07. The van der Waals surface area contributed by atoms with Crippen LogP contribution in [0.2, 0.25) is 0 Å². The maximum absolute atomic E-state index is 6.43. The molecule has 2 N–H and O–H groups in total. The summed E-state index contributed by atoms with van der Waals surface area (Å²) in [6, 6.07) is 1.96. The zero-order chi connectivity index (χ0) is 20.0. The van der Waals surface area contributed by atoms with Crippen molar-refractivity contribution >= 4 is 11.4 Å². The van der Waals surface area contributed by atoms with Gasteiger partial charge in [0.25, 0.3) is 0 Å². The van der Waals surface area contributed by atoms with E-state index in [2.05, 4.69) is 25.4 Å². The lowest BCUT2D eigenvalue weighted by Crippen LogP contribution is -2.11. The van der Waals surface area contributed by atoms with Gasteiger partial charge in [0, 0.05) is 31.3 Å². The third-order valence-corrected chi connectivity index (χ3v) is 5.24. The van der Waals surface area contributed by atoms with E-state index in [0.29, 0.717) is 5.92 Å². The van der Waals surface area contributed by atoms with E-state index >= 15 is 0 Å². The summed E-state index contributed by atoms with van der Waals surface area (Å²) in [5, 5.41) is 17.2. The summed E-state index contributed by atoms with van der Waals surface area (Å²) in [6.45, 7) is 3.86. The Morgan fingerprint density at radius 1 is 1.36 bits per heavy atom. The lowest BCUT2D eigenvalue weighted by Gasteiger charge is -2.07. The molecule has 4 rings (SSSR count). The minimum absolute atomic E-state index is 0.247. The summed E-state index contributed by atoms with van der Waals surface area (Å²) in [5.41, 5.74) is 11.5. The second-order valence-corrected chi connectivity index (χ2v) is 7.13. The number of rotatable bonds is 5. The highest BCUT2D eigenvalue weighted by atomic mass is 16.5. The third kappa shape index (κ3) is 2.92. The highest BCUT2D eigenvalue weighted by Crippen LogP contribution is 2.52. The minimum Gasteiger partial charge on any atom is -0.481 e. The molecule has 28 heavy (non-hydrogen) atoms. The van der Waals surface area contributed by atoms with Crippen LogP contribution in [0.5, 0.6) is 5.88 Å². The Balaban J connectivity index is 1.62. The Labute approximate surface area is 162 Å². The molecular formula is C19H24N8O. The lowest BCUT2D eigenvalue weighted by atomic mass is 10.1. The van der Waals surface area contributed by atoms with E-state index in [9.17, 15) is 0 Å². The first kappa shape index (κ1) is 18.1. The van der Waals surface area contributed by atoms with Gasteiger partial charge in [0.05, 0.1) is 19.0 Å². The first-order valence-corrected chi connectivity index (χ1v) is 9.14. The van der Waals surface area contributed by atoms with Gasteiger partial charge in [-0.15, -0.1) is 10.2 Å². The Kier molecular flexibility index (Phi) is 4.37. The van der Waals surface area contributed by atoms with Gasteiger partial charge in [-0.05, 0) is 43.9 Å². The maximum atomic E-state index is 6.43. The van der Waals surface area contributed by atoms with Gasteiger partial charge in [-0.1, -0.05) is 0 Å². The van der Waals surface area contributed by atoms with E-state index in [4.69, 9.17) is 10.5 Å². The van der Waals surface area contributed by atoms with Crippen LogP contribution in [0.3, 0.4) is 0 Å². The van der Waals surface area contributed by atoms with Crippen LogP contribution in [-0.4, -0.2) is 49.5 Å². The molecule has 3 aromatic heterocycles. The highest BCUT2D eigenvalue weighted by Gasteiger charge is 2.43. The Bertz CT molecular complexity index is 1110. The van der Waals surface area contributed by atoms with Crippen LogP contribution in [0.25, 0.3) is 5.65 Å². The average Bonchev–Trinajstić information content (AvgIpc) is 3.26. The maximum Gasteiger partial charge on any atom is 0.214 e. The van der Waals surface area contributed by atoms with Crippen LogP contribution < -0.4 is 10.5 Å². The quantitative estimate of drug-likeness (QED) is 0.673. The van der Waals surface area contributed by atoms with E-state index in [1.54, 1.807) is 23.4 Å². The summed E-state index contributed by atoms with van der Waals surface area (Å²) in [4.78, 5) is 4.41. The number of hydrogen-bond acceptors (Lipinski definition) is 7. The molecule has 146 valence electrons. The number of ether oxygens (including phenoxy) is 1. The van der Waals surface area contributed by atoms with Crippen molar-refractivity contribution in [1.29, 1.82) is 0 Å². The van der Waals surface area contributed by atoms with Crippen LogP contribution in [0.4, 0.5) is 0 Å². The number of hydrogen-bond donors (Lipinski definition) is 1. The van der Waals surface area contributed by atoms with Gasteiger partial charge in [0.1, 0.15) is 5.69 Å². The molecule has 0 radical (unpaired) electrons. The van der Waals surface area contributed by atoms with Gasteiger partial charge in [0.2, 0.25) is 5.88 Å². The fourth-order valence-corrected chi connectivity index (χ4v) is 3.63. The summed E-state index contributed by atoms with van der Waals surface area (Å²) in [6.07, 6.45) is 4.75. The molecule has 0 spiro atoms. The van der Waals surface area contributed by atoms with Crippen molar-refractivity contribution in [3.8, 4) is 5.88 Å². The second kappa shape index (κ2) is 6.74. The molecule has 2 unspecified atom stereocenters. The van der Waals surface area contributed by atoms with Gasteiger partial charge in [-0.25, -0.2) is 4.68 Å². The topological polar surface area (TPSA) is 109 Å². The molecule has 0 aromatic carbocycles. The fourth-order valence-electron chi connectivity index (χ4n) is 3.63. The summed E-state index contributed by atoms with van der Waals surface area (Å²) in [5.74, 6) is 2.08. The van der Waals surface area contributed by atoms with Crippen LogP contribution >= 0.6 is 0 Å². The third-order valence-electron chi connectivity index (χ3n) is 5.24. The van der Waals surface area contributed by atoms with Crippen molar-refractivity contribution in [3.05, 3.63) is 46.7 Å². The van der Waals surface area contributed by atoms with Crippen LogP contribution in [-0.2, 0) is 7.05 Å². The predicted molar refractivity (Wildman–Crippen MR) is 106 cm³/mol. The van der Waals surface area contributed by atoms with E-state index in [1.807, 2.05) is 39.2 Å². The van der Waals surface area contributed by atoms with Crippen molar-refractivity contribution in [2.45, 2.75) is 26.2 Å². The van der Waals surface area contributed by atoms with Gasteiger partial charge in [-0.2, -0.15) is 14.7 Å². The van der Waals surface area contributed by atoms with Crippen molar-refractivity contribution in [1.82, 2.24) is 29.6 Å². The number of allylic oxidation sites excluding steroid dienone is 2. The Morgan fingerprint density at radius 2 is 2.14 bits per heavy atom. The molecule has 2 atom stereocenters. The predicted octanol–water partition coefficient (Wildman–Crippen LogP) is 1.55. The molecule has 0 bridgehead atoms. The van der Waals surface area contributed by atoms with Crippen molar-refractivity contribution in [2.24, 2.45) is 23.7 Å². The molecule has 0 aliphatic heterocycles. The summed E-state index contributed by atoms with van der Waals surface area (Å²) >= 11 is 0. The molecular weight excluding hydrogens is 356 g/mol. The molecule has 3 aromatic rings. The Hall–Kier alpha value is -3.23. The SMILES string of the molecule is CN=C(/C=C(\N)C1CC1c1cnn(C)c1OC)c1cc(C)c2nnc(C)n2n1. The largest absolute Gasteiger partial charge is 0.481 e. The number of nitrogens with zero attached hydrogens (tertiary/aromatic N) is 7. The molecule has 1 saturated carbocycles. The van der Waals surface area contributed by atoms with Crippen LogP contribution in [0.1, 0.15) is 35.0 Å². The second-order valence-electron chi connectivity index (χ2n) is 7.13. The molecule has 3 heterocycles. The van der Waals surface area contributed by atoms with Crippen LogP contribution in [0, 0.1) is 19.8 Å². The van der Waals surface area contributed by atoms with E-state index in [-0.39, 0.29) is 5.92 Å². The summed E-state index contributed by atoms with van der Waals surface area (Å²) in [7, 11) is 5.28.